The summed E-state index contributed by atoms with van der Waals surface area (Å²) in [5.41, 5.74) is 0.368. The molecule has 0 unspecified atom stereocenters. The van der Waals surface area contributed by atoms with E-state index >= 15 is 0 Å². The normalized spacial score (nSPS) is 16.7. The van der Waals surface area contributed by atoms with E-state index < -0.39 is 33.1 Å². The molecular formula is C15H19NO6S. The van der Waals surface area contributed by atoms with E-state index in [9.17, 15) is 18.0 Å². The van der Waals surface area contributed by atoms with Gasteiger partial charge in [-0.25, -0.2) is 13.2 Å². The van der Waals surface area contributed by atoms with Crippen molar-refractivity contribution in [3.05, 3.63) is 24.3 Å². The zero-order valence-corrected chi connectivity index (χ0v) is 13.6. The molecule has 1 aromatic carbocycles. The number of carboxylic acid groups (broad SMARTS) is 1. The van der Waals surface area contributed by atoms with Crippen LogP contribution >= 0.6 is 0 Å². The summed E-state index contributed by atoms with van der Waals surface area (Å²) in [5, 5.41) is 11.2. The van der Waals surface area contributed by atoms with Gasteiger partial charge in [0.15, 0.2) is 21.2 Å². The summed E-state index contributed by atoms with van der Waals surface area (Å²) in [7, 11) is -3.54. The van der Waals surface area contributed by atoms with E-state index in [4.69, 9.17) is 9.84 Å². The average Bonchev–Trinajstić information content (AvgIpc) is 2.96. The van der Waals surface area contributed by atoms with E-state index in [2.05, 4.69) is 5.32 Å². The van der Waals surface area contributed by atoms with Crippen molar-refractivity contribution >= 4 is 27.4 Å². The number of rotatable bonds is 6. The van der Waals surface area contributed by atoms with Crippen LogP contribution < -0.4 is 10.1 Å². The highest BCUT2D eigenvalue weighted by atomic mass is 32.2. The Morgan fingerprint density at radius 3 is 2.52 bits per heavy atom. The SMILES string of the molecule is CS(=O)(=O)C1(C(=O)Nc2cccc(OCC(=O)O)c2)CCCC1. The standard InChI is InChI=1S/C15H19NO6S/c1-23(20,21)15(7-2-3-8-15)14(19)16-11-5-4-6-12(9-11)22-10-13(17)18/h4-6,9H,2-3,7-8,10H2,1H3,(H,16,19)(H,17,18). The molecular weight excluding hydrogens is 322 g/mol. The number of ether oxygens (including phenoxy) is 1. The lowest BCUT2D eigenvalue weighted by atomic mass is 10.1. The lowest BCUT2D eigenvalue weighted by Crippen LogP contribution is -2.47. The summed E-state index contributed by atoms with van der Waals surface area (Å²) < 4.78 is 27.8. The molecule has 126 valence electrons. The summed E-state index contributed by atoms with van der Waals surface area (Å²) in [6, 6.07) is 6.21. The first-order valence-electron chi connectivity index (χ1n) is 7.20. The summed E-state index contributed by atoms with van der Waals surface area (Å²) >= 11 is 0. The quantitative estimate of drug-likeness (QED) is 0.810. The highest BCUT2D eigenvalue weighted by Crippen LogP contribution is 2.37. The maximum atomic E-state index is 12.5. The zero-order valence-electron chi connectivity index (χ0n) is 12.7. The summed E-state index contributed by atoms with van der Waals surface area (Å²) in [5.74, 6) is -1.38. The monoisotopic (exact) mass is 341 g/mol. The number of hydrogen-bond donors (Lipinski definition) is 2. The summed E-state index contributed by atoms with van der Waals surface area (Å²) in [4.78, 5) is 23.0. The smallest absolute Gasteiger partial charge is 0.341 e. The van der Waals surface area contributed by atoms with Crippen LogP contribution in [-0.2, 0) is 19.4 Å². The molecule has 0 radical (unpaired) electrons. The van der Waals surface area contributed by atoms with E-state index in [1.165, 1.54) is 6.07 Å². The molecule has 7 nitrogen and oxygen atoms in total. The molecule has 0 aromatic heterocycles. The van der Waals surface area contributed by atoms with E-state index in [1.807, 2.05) is 0 Å². The number of sulfone groups is 1. The van der Waals surface area contributed by atoms with Crippen LogP contribution in [0, 0.1) is 0 Å². The predicted molar refractivity (Wildman–Crippen MR) is 84.2 cm³/mol. The van der Waals surface area contributed by atoms with Gasteiger partial charge in [-0.05, 0) is 25.0 Å². The molecule has 2 rings (SSSR count). The molecule has 0 bridgehead atoms. The van der Waals surface area contributed by atoms with Crippen molar-refractivity contribution in [3.8, 4) is 5.75 Å². The maximum Gasteiger partial charge on any atom is 0.341 e. The Morgan fingerprint density at radius 1 is 1.30 bits per heavy atom. The summed E-state index contributed by atoms with van der Waals surface area (Å²) in [6.45, 7) is -0.495. The number of hydrogen-bond acceptors (Lipinski definition) is 5. The number of aliphatic carboxylic acids is 1. The lowest BCUT2D eigenvalue weighted by molar-refractivity contribution is -0.139. The van der Waals surface area contributed by atoms with E-state index in [1.54, 1.807) is 18.2 Å². The van der Waals surface area contributed by atoms with E-state index in [0.717, 1.165) is 6.26 Å². The third kappa shape index (κ3) is 3.82. The second-order valence-corrected chi connectivity index (χ2v) is 7.96. The van der Waals surface area contributed by atoms with Gasteiger partial charge in [0.2, 0.25) is 5.91 Å². The van der Waals surface area contributed by atoms with Crippen LogP contribution in [0.4, 0.5) is 5.69 Å². The molecule has 0 aliphatic heterocycles. The van der Waals surface area contributed by atoms with E-state index in [0.29, 0.717) is 31.4 Å². The summed E-state index contributed by atoms with van der Waals surface area (Å²) in [6.07, 6.45) is 3.11. The number of amides is 1. The molecule has 0 atom stereocenters. The number of carbonyl (C=O) groups is 2. The fourth-order valence-corrected chi connectivity index (χ4v) is 4.18. The van der Waals surface area contributed by atoms with Crippen LogP contribution in [-0.4, -0.2) is 43.0 Å². The van der Waals surface area contributed by atoms with Gasteiger partial charge in [-0.15, -0.1) is 0 Å². The molecule has 1 amide bonds. The molecule has 8 heteroatoms. The van der Waals surface area contributed by atoms with Crippen LogP contribution in [0.25, 0.3) is 0 Å². The lowest BCUT2D eigenvalue weighted by Gasteiger charge is -2.25. The largest absolute Gasteiger partial charge is 0.482 e. The highest BCUT2D eigenvalue weighted by molar-refractivity contribution is 7.92. The average molecular weight is 341 g/mol. The van der Waals surface area contributed by atoms with Crippen LogP contribution in [0.2, 0.25) is 0 Å². The van der Waals surface area contributed by atoms with Crippen molar-refractivity contribution in [2.24, 2.45) is 0 Å². The van der Waals surface area contributed by atoms with Crippen LogP contribution in [0.3, 0.4) is 0 Å². The number of carbonyl (C=O) groups excluding carboxylic acids is 1. The fraction of sp³-hybridized carbons (Fsp3) is 0.467. The molecule has 1 saturated carbocycles. The van der Waals surface area contributed by atoms with Gasteiger partial charge in [0.25, 0.3) is 0 Å². The maximum absolute atomic E-state index is 12.5. The van der Waals surface area contributed by atoms with Gasteiger partial charge in [0.05, 0.1) is 0 Å². The third-order valence-electron chi connectivity index (χ3n) is 3.99. The molecule has 1 aliphatic rings. The van der Waals surface area contributed by atoms with Gasteiger partial charge in [-0.3, -0.25) is 4.79 Å². The van der Waals surface area contributed by atoms with Crippen molar-refractivity contribution in [1.29, 1.82) is 0 Å². The number of anilines is 1. The third-order valence-corrected chi connectivity index (χ3v) is 6.00. The van der Waals surface area contributed by atoms with Crippen molar-refractivity contribution in [2.45, 2.75) is 30.4 Å². The number of benzene rings is 1. The Balaban J connectivity index is 2.16. The van der Waals surface area contributed by atoms with Gasteiger partial charge in [0.1, 0.15) is 5.75 Å². The Bertz CT molecular complexity index is 706. The van der Waals surface area contributed by atoms with Crippen molar-refractivity contribution < 1.29 is 27.9 Å². The minimum atomic E-state index is -3.54. The molecule has 1 aromatic rings. The highest BCUT2D eigenvalue weighted by Gasteiger charge is 2.49. The molecule has 1 fully saturated rings. The van der Waals surface area contributed by atoms with Crippen LogP contribution in [0.1, 0.15) is 25.7 Å². The Labute approximate surface area is 134 Å². The predicted octanol–water partition coefficient (Wildman–Crippen LogP) is 1.45. The van der Waals surface area contributed by atoms with Gasteiger partial charge in [-0.2, -0.15) is 0 Å². The topological polar surface area (TPSA) is 110 Å². The van der Waals surface area contributed by atoms with Crippen molar-refractivity contribution in [1.82, 2.24) is 0 Å². The molecule has 23 heavy (non-hydrogen) atoms. The Kier molecular flexibility index (Phi) is 4.93. The molecule has 0 saturated heterocycles. The van der Waals surface area contributed by atoms with Crippen molar-refractivity contribution in [2.75, 3.05) is 18.2 Å². The van der Waals surface area contributed by atoms with Crippen LogP contribution in [0.5, 0.6) is 5.75 Å². The Hall–Kier alpha value is -2.09. The molecule has 0 heterocycles. The minimum Gasteiger partial charge on any atom is -0.482 e. The number of nitrogens with one attached hydrogen (secondary N) is 1. The van der Waals surface area contributed by atoms with E-state index in [-0.39, 0.29) is 5.75 Å². The molecule has 0 spiro atoms. The zero-order chi connectivity index (χ0) is 17.1. The number of carboxylic acids is 1. The first-order valence-corrected chi connectivity index (χ1v) is 9.09. The second-order valence-electron chi connectivity index (χ2n) is 5.64. The van der Waals surface area contributed by atoms with Gasteiger partial charge in [-0.1, -0.05) is 18.9 Å². The molecule has 1 aliphatic carbocycles. The van der Waals surface area contributed by atoms with Gasteiger partial charge < -0.3 is 15.2 Å². The first kappa shape index (κ1) is 17.3. The van der Waals surface area contributed by atoms with Crippen molar-refractivity contribution in [3.63, 3.8) is 0 Å². The van der Waals surface area contributed by atoms with Crippen LogP contribution in [0.15, 0.2) is 24.3 Å². The van der Waals surface area contributed by atoms with Gasteiger partial charge in [0, 0.05) is 18.0 Å². The van der Waals surface area contributed by atoms with Gasteiger partial charge >= 0.3 is 5.97 Å². The first-order chi connectivity index (χ1) is 10.7. The Morgan fingerprint density at radius 2 is 1.96 bits per heavy atom. The second kappa shape index (κ2) is 6.57. The fourth-order valence-electron chi connectivity index (χ4n) is 2.77. The molecule has 2 N–H and O–H groups in total. The minimum absolute atomic E-state index is 0.282.